The number of para-hydroxylation sites is 1. The number of amides is 1. The van der Waals surface area contributed by atoms with Crippen molar-refractivity contribution in [1.29, 1.82) is 0 Å². The first kappa shape index (κ1) is 17.4. The predicted molar refractivity (Wildman–Crippen MR) is 101 cm³/mol. The van der Waals surface area contributed by atoms with Gasteiger partial charge in [-0.1, -0.05) is 30.0 Å². The molecule has 1 aromatic carbocycles. The Morgan fingerprint density at radius 1 is 1.20 bits per heavy atom. The maximum atomic E-state index is 12.6. The second kappa shape index (κ2) is 6.84. The minimum atomic E-state index is -0.295. The zero-order valence-electron chi connectivity index (χ0n) is 15.0. The standard InChI is InChI=1S/C18H21N5OS/c1-10-16(11(2)23(5)22-10)21-17(24)12(3)25-18-14-8-6-7-9-15(14)19-13(4)20-18/h6-9,12H,1-5H3,(H,21,24)/t12-/m0/s1. The van der Waals surface area contributed by atoms with E-state index in [4.69, 9.17) is 0 Å². The Morgan fingerprint density at radius 2 is 1.92 bits per heavy atom. The molecule has 0 saturated carbocycles. The fourth-order valence-corrected chi connectivity index (χ4v) is 3.63. The highest BCUT2D eigenvalue weighted by Crippen LogP contribution is 2.29. The first-order chi connectivity index (χ1) is 11.9. The van der Waals surface area contributed by atoms with Crippen LogP contribution in [0.3, 0.4) is 0 Å². The summed E-state index contributed by atoms with van der Waals surface area (Å²) in [5.74, 6) is 0.636. The summed E-state index contributed by atoms with van der Waals surface area (Å²) in [7, 11) is 1.87. The van der Waals surface area contributed by atoms with Crippen LogP contribution in [0, 0.1) is 20.8 Å². The number of aryl methyl sites for hydroxylation is 3. The molecule has 0 spiro atoms. The van der Waals surface area contributed by atoms with Crippen LogP contribution < -0.4 is 5.32 Å². The second-order valence-electron chi connectivity index (χ2n) is 6.01. The van der Waals surface area contributed by atoms with E-state index in [0.717, 1.165) is 33.0 Å². The maximum absolute atomic E-state index is 12.6. The topological polar surface area (TPSA) is 72.7 Å². The minimum Gasteiger partial charge on any atom is -0.322 e. The zero-order chi connectivity index (χ0) is 18.1. The van der Waals surface area contributed by atoms with Crippen LogP contribution in [0.4, 0.5) is 5.69 Å². The molecular weight excluding hydrogens is 334 g/mol. The molecule has 6 nitrogen and oxygen atoms in total. The monoisotopic (exact) mass is 355 g/mol. The van der Waals surface area contributed by atoms with Crippen molar-refractivity contribution >= 4 is 34.3 Å². The van der Waals surface area contributed by atoms with Gasteiger partial charge in [0.15, 0.2) is 0 Å². The number of aromatic nitrogens is 4. The Balaban J connectivity index is 1.82. The third-order valence-electron chi connectivity index (χ3n) is 4.09. The van der Waals surface area contributed by atoms with Gasteiger partial charge in [0.1, 0.15) is 10.9 Å². The van der Waals surface area contributed by atoms with Gasteiger partial charge in [-0.2, -0.15) is 5.10 Å². The molecule has 0 unspecified atom stereocenters. The Hall–Kier alpha value is -2.41. The lowest BCUT2D eigenvalue weighted by Gasteiger charge is -2.13. The number of fused-ring (bicyclic) bond motifs is 1. The van der Waals surface area contributed by atoms with Gasteiger partial charge in [-0.25, -0.2) is 9.97 Å². The van der Waals surface area contributed by atoms with Crippen LogP contribution in [0.25, 0.3) is 10.9 Å². The highest BCUT2D eigenvalue weighted by molar-refractivity contribution is 8.00. The van der Waals surface area contributed by atoms with Crippen LogP contribution in [0.15, 0.2) is 29.3 Å². The van der Waals surface area contributed by atoms with Gasteiger partial charge in [0.05, 0.1) is 27.8 Å². The number of thioether (sulfide) groups is 1. The molecule has 3 rings (SSSR count). The van der Waals surface area contributed by atoms with Gasteiger partial charge in [-0.15, -0.1) is 0 Å². The van der Waals surface area contributed by atoms with Crippen molar-refractivity contribution in [2.24, 2.45) is 7.05 Å². The van der Waals surface area contributed by atoms with Crippen molar-refractivity contribution in [3.05, 3.63) is 41.5 Å². The molecule has 3 aromatic rings. The van der Waals surface area contributed by atoms with Gasteiger partial charge < -0.3 is 5.32 Å². The minimum absolute atomic E-state index is 0.0652. The number of nitrogens with zero attached hydrogens (tertiary/aromatic N) is 4. The summed E-state index contributed by atoms with van der Waals surface area (Å²) >= 11 is 1.44. The molecule has 0 aliphatic rings. The molecule has 7 heteroatoms. The van der Waals surface area contributed by atoms with Gasteiger partial charge in [0.2, 0.25) is 5.91 Å². The summed E-state index contributed by atoms with van der Waals surface area (Å²) in [4.78, 5) is 21.6. The molecule has 0 bridgehead atoms. The van der Waals surface area contributed by atoms with Crippen molar-refractivity contribution in [2.45, 2.75) is 38.0 Å². The molecule has 2 aromatic heterocycles. The Morgan fingerprint density at radius 3 is 2.60 bits per heavy atom. The molecule has 0 aliphatic heterocycles. The lowest BCUT2D eigenvalue weighted by atomic mass is 10.2. The normalized spacial score (nSPS) is 12.4. The van der Waals surface area contributed by atoms with E-state index in [9.17, 15) is 4.79 Å². The summed E-state index contributed by atoms with van der Waals surface area (Å²) in [6, 6.07) is 7.85. The van der Waals surface area contributed by atoms with E-state index in [-0.39, 0.29) is 11.2 Å². The first-order valence-corrected chi connectivity index (χ1v) is 8.96. The number of anilines is 1. The summed E-state index contributed by atoms with van der Waals surface area (Å²) in [5, 5.41) is 8.82. The molecule has 2 heterocycles. The van der Waals surface area contributed by atoms with E-state index in [1.165, 1.54) is 11.8 Å². The van der Waals surface area contributed by atoms with E-state index in [1.807, 2.05) is 59.0 Å². The van der Waals surface area contributed by atoms with Crippen LogP contribution in [-0.2, 0) is 11.8 Å². The number of carbonyl (C=O) groups excluding carboxylic acids is 1. The summed E-state index contributed by atoms with van der Waals surface area (Å²) in [6.45, 7) is 7.58. The molecular formula is C18H21N5OS. The van der Waals surface area contributed by atoms with Crippen molar-refractivity contribution in [3.8, 4) is 0 Å². The smallest absolute Gasteiger partial charge is 0.237 e. The molecule has 0 radical (unpaired) electrons. The van der Waals surface area contributed by atoms with Gasteiger partial charge in [-0.05, 0) is 33.8 Å². The second-order valence-corrected chi connectivity index (χ2v) is 7.34. The number of carbonyl (C=O) groups is 1. The van der Waals surface area contributed by atoms with Crippen LogP contribution in [0.2, 0.25) is 0 Å². The average Bonchev–Trinajstić information content (AvgIpc) is 2.80. The molecule has 1 atom stereocenters. The molecule has 0 saturated heterocycles. The quantitative estimate of drug-likeness (QED) is 0.573. The summed E-state index contributed by atoms with van der Waals surface area (Å²) in [5.41, 5.74) is 3.42. The van der Waals surface area contributed by atoms with Gasteiger partial charge in [0.25, 0.3) is 0 Å². The van der Waals surface area contributed by atoms with Gasteiger partial charge in [-0.3, -0.25) is 9.48 Å². The van der Waals surface area contributed by atoms with Crippen LogP contribution >= 0.6 is 11.8 Å². The molecule has 25 heavy (non-hydrogen) atoms. The molecule has 0 aliphatic carbocycles. The van der Waals surface area contributed by atoms with E-state index in [2.05, 4.69) is 20.4 Å². The maximum Gasteiger partial charge on any atom is 0.237 e. The SMILES string of the molecule is Cc1nc(S[C@@H](C)C(=O)Nc2c(C)nn(C)c2C)c2ccccc2n1. The third kappa shape index (κ3) is 3.51. The molecule has 0 fully saturated rings. The Bertz CT molecular complexity index is 950. The fourth-order valence-electron chi connectivity index (χ4n) is 2.65. The van der Waals surface area contributed by atoms with Crippen LogP contribution in [-0.4, -0.2) is 30.9 Å². The fraction of sp³-hybridized carbons (Fsp3) is 0.333. The zero-order valence-corrected chi connectivity index (χ0v) is 15.8. The number of rotatable bonds is 4. The number of nitrogens with one attached hydrogen (secondary N) is 1. The largest absolute Gasteiger partial charge is 0.322 e. The van der Waals surface area contributed by atoms with Gasteiger partial charge >= 0.3 is 0 Å². The van der Waals surface area contributed by atoms with E-state index in [1.54, 1.807) is 4.68 Å². The van der Waals surface area contributed by atoms with Crippen molar-refractivity contribution in [2.75, 3.05) is 5.32 Å². The summed E-state index contributed by atoms with van der Waals surface area (Å²) < 4.78 is 1.77. The lowest BCUT2D eigenvalue weighted by molar-refractivity contribution is -0.115. The van der Waals surface area contributed by atoms with Crippen molar-refractivity contribution in [3.63, 3.8) is 0 Å². The van der Waals surface area contributed by atoms with Crippen molar-refractivity contribution in [1.82, 2.24) is 19.7 Å². The van der Waals surface area contributed by atoms with E-state index >= 15 is 0 Å². The van der Waals surface area contributed by atoms with Crippen LogP contribution in [0.5, 0.6) is 0 Å². The molecule has 1 amide bonds. The highest BCUT2D eigenvalue weighted by atomic mass is 32.2. The number of benzene rings is 1. The summed E-state index contributed by atoms with van der Waals surface area (Å²) in [6.07, 6.45) is 0. The van der Waals surface area contributed by atoms with Crippen LogP contribution in [0.1, 0.15) is 24.1 Å². The van der Waals surface area contributed by atoms with E-state index < -0.39 is 0 Å². The predicted octanol–water partition coefficient (Wildman–Crippen LogP) is 3.41. The van der Waals surface area contributed by atoms with E-state index in [0.29, 0.717) is 5.82 Å². The Kier molecular flexibility index (Phi) is 4.76. The highest BCUT2D eigenvalue weighted by Gasteiger charge is 2.20. The Labute approximate surface area is 151 Å². The molecule has 1 N–H and O–H groups in total. The van der Waals surface area contributed by atoms with Crippen molar-refractivity contribution < 1.29 is 4.79 Å². The number of hydrogen-bond acceptors (Lipinski definition) is 5. The molecule has 130 valence electrons. The lowest BCUT2D eigenvalue weighted by Crippen LogP contribution is -2.23. The number of hydrogen-bond donors (Lipinski definition) is 1. The van der Waals surface area contributed by atoms with Gasteiger partial charge in [0, 0.05) is 12.4 Å². The third-order valence-corrected chi connectivity index (χ3v) is 5.20. The average molecular weight is 355 g/mol. The first-order valence-electron chi connectivity index (χ1n) is 8.08.